The van der Waals surface area contributed by atoms with Crippen molar-refractivity contribution >= 4 is 17.2 Å². The number of halogens is 1. The minimum absolute atomic E-state index is 0.150. The van der Waals surface area contributed by atoms with Gasteiger partial charge in [0.15, 0.2) is 0 Å². The van der Waals surface area contributed by atoms with Crippen molar-refractivity contribution in [1.29, 1.82) is 0 Å². The molecule has 0 atom stereocenters. The molecule has 0 aromatic carbocycles. The van der Waals surface area contributed by atoms with Gasteiger partial charge in [0.1, 0.15) is 5.65 Å². The third-order valence-corrected chi connectivity index (χ3v) is 2.06. The summed E-state index contributed by atoms with van der Waals surface area (Å²) in [4.78, 5) is 13.8. The van der Waals surface area contributed by atoms with Crippen molar-refractivity contribution in [3.05, 3.63) is 33.9 Å². The molecule has 0 aliphatic heterocycles. The second-order valence-corrected chi connectivity index (χ2v) is 3.11. The van der Waals surface area contributed by atoms with Crippen LogP contribution in [-0.2, 0) is 5.88 Å². The number of aromatic nitrogens is 3. The third kappa shape index (κ3) is 1.33. The number of hydrogen-bond acceptors (Lipinski definition) is 2. The number of H-pyrrole nitrogens is 1. The predicted octanol–water partition coefficient (Wildman–Crippen LogP) is 1.07. The fraction of sp³-hybridized carbons (Fsp3) is 0.250. The lowest BCUT2D eigenvalue weighted by Gasteiger charge is -1.98. The van der Waals surface area contributed by atoms with E-state index in [0.717, 1.165) is 5.69 Å². The van der Waals surface area contributed by atoms with E-state index in [1.807, 2.05) is 6.92 Å². The number of aromatic amines is 1. The molecule has 0 radical (unpaired) electrons. The maximum atomic E-state index is 11.1. The van der Waals surface area contributed by atoms with Crippen LogP contribution in [0, 0.1) is 6.92 Å². The van der Waals surface area contributed by atoms with E-state index in [2.05, 4.69) is 10.1 Å². The molecule has 0 spiro atoms. The van der Waals surface area contributed by atoms with Gasteiger partial charge in [0, 0.05) is 12.1 Å². The largest absolute Gasteiger partial charge is 0.307 e. The molecular weight excluding hydrogens is 190 g/mol. The van der Waals surface area contributed by atoms with Gasteiger partial charge in [-0.3, -0.25) is 4.79 Å². The Hall–Kier alpha value is -1.29. The molecule has 0 saturated carbocycles. The van der Waals surface area contributed by atoms with Gasteiger partial charge in [0.05, 0.1) is 17.3 Å². The van der Waals surface area contributed by atoms with Crippen molar-refractivity contribution in [2.24, 2.45) is 0 Å². The van der Waals surface area contributed by atoms with Crippen LogP contribution in [0.5, 0.6) is 0 Å². The number of aryl methyl sites for hydroxylation is 1. The molecule has 0 amide bonds. The van der Waals surface area contributed by atoms with Crippen LogP contribution in [0.15, 0.2) is 16.9 Å². The fourth-order valence-electron chi connectivity index (χ4n) is 1.28. The summed E-state index contributed by atoms with van der Waals surface area (Å²) in [6, 6.07) is 3.25. The first-order valence-corrected chi connectivity index (χ1v) is 4.38. The number of fused-ring (bicyclic) bond motifs is 1. The van der Waals surface area contributed by atoms with Gasteiger partial charge in [-0.25, -0.2) is 4.52 Å². The van der Waals surface area contributed by atoms with E-state index in [4.69, 9.17) is 11.6 Å². The average molecular weight is 198 g/mol. The van der Waals surface area contributed by atoms with Gasteiger partial charge >= 0.3 is 0 Å². The Morgan fingerprint density at radius 1 is 1.62 bits per heavy atom. The molecule has 68 valence electrons. The highest BCUT2D eigenvalue weighted by atomic mass is 35.5. The predicted molar refractivity (Wildman–Crippen MR) is 50.1 cm³/mol. The van der Waals surface area contributed by atoms with Crippen LogP contribution in [-0.4, -0.2) is 14.6 Å². The van der Waals surface area contributed by atoms with E-state index in [9.17, 15) is 4.79 Å². The van der Waals surface area contributed by atoms with Gasteiger partial charge < -0.3 is 4.98 Å². The van der Waals surface area contributed by atoms with Crippen LogP contribution in [0.4, 0.5) is 0 Å². The van der Waals surface area contributed by atoms with Crippen molar-refractivity contribution in [3.8, 4) is 0 Å². The topological polar surface area (TPSA) is 50.2 Å². The first-order chi connectivity index (χ1) is 6.20. The summed E-state index contributed by atoms with van der Waals surface area (Å²) >= 11 is 5.67. The Morgan fingerprint density at radius 3 is 3.08 bits per heavy atom. The maximum absolute atomic E-state index is 11.1. The van der Waals surface area contributed by atoms with E-state index in [0.29, 0.717) is 11.3 Å². The molecule has 0 aliphatic carbocycles. The minimum atomic E-state index is -0.150. The zero-order valence-corrected chi connectivity index (χ0v) is 7.80. The minimum Gasteiger partial charge on any atom is -0.307 e. The molecule has 0 aliphatic rings. The highest BCUT2D eigenvalue weighted by molar-refractivity contribution is 6.16. The summed E-state index contributed by atoms with van der Waals surface area (Å²) < 4.78 is 1.64. The molecule has 0 bridgehead atoms. The van der Waals surface area contributed by atoms with E-state index >= 15 is 0 Å². The Balaban J connectivity index is 2.88. The number of rotatable bonds is 1. The molecule has 13 heavy (non-hydrogen) atoms. The normalized spacial score (nSPS) is 10.9. The molecule has 2 aromatic rings. The summed E-state index contributed by atoms with van der Waals surface area (Å²) in [5.74, 6) is 0.279. The standard InChI is InChI=1S/C8H8ClN3O/c1-5-2-7-10-8(13)3-6(4-9)12(7)11-5/h2-3H,4H2,1H3,(H,10,13). The van der Waals surface area contributed by atoms with Gasteiger partial charge in [-0.15, -0.1) is 11.6 Å². The molecule has 0 unspecified atom stereocenters. The molecule has 2 rings (SSSR count). The van der Waals surface area contributed by atoms with E-state index in [-0.39, 0.29) is 11.4 Å². The van der Waals surface area contributed by atoms with Crippen molar-refractivity contribution in [2.45, 2.75) is 12.8 Å². The molecule has 5 heteroatoms. The van der Waals surface area contributed by atoms with Gasteiger partial charge in [0.2, 0.25) is 0 Å². The van der Waals surface area contributed by atoms with Crippen LogP contribution in [0.3, 0.4) is 0 Å². The highest BCUT2D eigenvalue weighted by Gasteiger charge is 2.03. The first-order valence-electron chi connectivity index (χ1n) is 3.85. The highest BCUT2D eigenvalue weighted by Crippen LogP contribution is 2.05. The summed E-state index contributed by atoms with van der Waals surface area (Å²) in [5.41, 5.74) is 2.09. The smallest absolute Gasteiger partial charge is 0.251 e. The second-order valence-electron chi connectivity index (χ2n) is 2.84. The Morgan fingerprint density at radius 2 is 2.38 bits per heavy atom. The van der Waals surface area contributed by atoms with Crippen molar-refractivity contribution in [2.75, 3.05) is 0 Å². The van der Waals surface area contributed by atoms with E-state index in [1.54, 1.807) is 10.6 Å². The molecule has 2 heterocycles. The Labute approximate surface area is 79.2 Å². The number of nitrogens with zero attached hydrogens (tertiary/aromatic N) is 2. The lowest BCUT2D eigenvalue weighted by atomic mass is 10.4. The summed E-state index contributed by atoms with van der Waals surface area (Å²) in [6.45, 7) is 1.86. The molecular formula is C8H8ClN3O. The molecule has 2 aromatic heterocycles. The van der Waals surface area contributed by atoms with Crippen LogP contribution in [0.25, 0.3) is 5.65 Å². The lowest BCUT2D eigenvalue weighted by Crippen LogP contribution is -2.10. The molecule has 4 nitrogen and oxygen atoms in total. The van der Waals surface area contributed by atoms with Crippen LogP contribution in [0.1, 0.15) is 11.4 Å². The van der Waals surface area contributed by atoms with Gasteiger partial charge in [-0.2, -0.15) is 5.10 Å². The average Bonchev–Trinajstić information content (AvgIpc) is 2.43. The van der Waals surface area contributed by atoms with Crippen molar-refractivity contribution < 1.29 is 0 Å². The SMILES string of the molecule is Cc1cc2[nH]c(=O)cc(CCl)n2n1. The molecule has 1 N–H and O–H groups in total. The van der Waals surface area contributed by atoms with Crippen LogP contribution >= 0.6 is 11.6 Å². The van der Waals surface area contributed by atoms with Crippen LogP contribution < -0.4 is 5.56 Å². The maximum Gasteiger partial charge on any atom is 0.251 e. The van der Waals surface area contributed by atoms with E-state index < -0.39 is 0 Å². The van der Waals surface area contributed by atoms with Crippen molar-refractivity contribution in [1.82, 2.24) is 14.6 Å². The lowest BCUT2D eigenvalue weighted by molar-refractivity contribution is 0.862. The van der Waals surface area contributed by atoms with Gasteiger partial charge in [-0.1, -0.05) is 0 Å². The Kier molecular flexibility index (Phi) is 1.84. The second kappa shape index (κ2) is 2.88. The summed E-state index contributed by atoms with van der Waals surface area (Å²) in [6.07, 6.45) is 0. The zero-order valence-electron chi connectivity index (χ0n) is 7.04. The monoisotopic (exact) mass is 197 g/mol. The third-order valence-electron chi connectivity index (χ3n) is 1.79. The zero-order chi connectivity index (χ0) is 9.42. The number of nitrogens with one attached hydrogen (secondary N) is 1. The fourth-order valence-corrected chi connectivity index (χ4v) is 1.47. The molecule has 0 saturated heterocycles. The Bertz CT molecular complexity index is 500. The summed E-state index contributed by atoms with van der Waals surface area (Å²) in [5, 5.41) is 4.19. The van der Waals surface area contributed by atoms with Gasteiger partial charge in [-0.05, 0) is 6.92 Å². The molecule has 0 fully saturated rings. The van der Waals surface area contributed by atoms with E-state index in [1.165, 1.54) is 6.07 Å². The van der Waals surface area contributed by atoms with Gasteiger partial charge in [0.25, 0.3) is 5.56 Å². The number of hydrogen-bond donors (Lipinski definition) is 1. The van der Waals surface area contributed by atoms with Crippen LogP contribution in [0.2, 0.25) is 0 Å². The van der Waals surface area contributed by atoms with Crippen molar-refractivity contribution in [3.63, 3.8) is 0 Å². The number of alkyl halides is 1. The summed E-state index contributed by atoms with van der Waals surface area (Å²) in [7, 11) is 0. The first kappa shape index (κ1) is 8.31. The quantitative estimate of drug-likeness (QED) is 0.696.